The van der Waals surface area contributed by atoms with Crippen molar-refractivity contribution in [2.45, 2.75) is 0 Å². The van der Waals surface area contributed by atoms with E-state index in [2.05, 4.69) is 15.2 Å². The highest BCUT2D eigenvalue weighted by Crippen LogP contribution is 2.05. The van der Waals surface area contributed by atoms with Crippen LogP contribution in [-0.4, -0.2) is 55.3 Å². The third kappa shape index (κ3) is 5.90. The van der Waals surface area contributed by atoms with Gasteiger partial charge in [-0.1, -0.05) is 12.2 Å². The summed E-state index contributed by atoms with van der Waals surface area (Å²) in [7, 11) is 4.04. The Morgan fingerprint density at radius 3 is 2.94 bits per heavy atom. The molecule has 3 N–H and O–H groups in total. The fourth-order valence-electron chi connectivity index (χ4n) is 1.28. The molecule has 0 aliphatic heterocycles. The number of aromatic nitrogens is 1. The van der Waals surface area contributed by atoms with Crippen LogP contribution in [0.4, 0.5) is 5.82 Å². The average molecular weight is 268 g/mol. The van der Waals surface area contributed by atoms with Gasteiger partial charge in [0.2, 0.25) is 0 Å². The fraction of sp³-hybridized carbons (Fsp3) is 0.500. The van der Waals surface area contributed by atoms with E-state index in [0.29, 0.717) is 18.1 Å². The lowest BCUT2D eigenvalue weighted by Crippen LogP contribution is -2.20. The Kier molecular flexibility index (Phi) is 6.56. The number of nitrogens with one attached hydrogen (secondary N) is 1. The van der Waals surface area contributed by atoms with Gasteiger partial charge in [0.1, 0.15) is 10.8 Å². The summed E-state index contributed by atoms with van der Waals surface area (Å²) < 4.78 is 5.46. The Balaban J connectivity index is 2.23. The van der Waals surface area contributed by atoms with Crippen molar-refractivity contribution in [2.24, 2.45) is 5.73 Å². The average Bonchev–Trinajstić information content (AvgIpc) is 2.33. The highest BCUT2D eigenvalue weighted by molar-refractivity contribution is 7.80. The molecule has 18 heavy (non-hydrogen) atoms. The molecule has 0 fully saturated rings. The minimum atomic E-state index is 0.377. The van der Waals surface area contributed by atoms with Gasteiger partial charge in [0.25, 0.3) is 0 Å². The Labute approximate surface area is 113 Å². The van der Waals surface area contributed by atoms with Crippen LogP contribution in [0.2, 0.25) is 0 Å². The van der Waals surface area contributed by atoms with Gasteiger partial charge in [0.05, 0.1) is 13.2 Å². The standard InChI is InChI=1S/C12H20N4OS/c1-16(2)6-8-17-7-5-15-11-9-10(12(13)18)3-4-14-11/h3-4,9H,5-8H2,1-2H3,(H2,13,18)(H,14,15). The predicted octanol–water partition coefficient (Wildman–Crippen LogP) is 0.706. The zero-order chi connectivity index (χ0) is 13.4. The second-order valence-electron chi connectivity index (χ2n) is 4.14. The first-order valence-corrected chi connectivity index (χ1v) is 6.22. The minimum Gasteiger partial charge on any atom is -0.389 e. The fourth-order valence-corrected chi connectivity index (χ4v) is 1.41. The molecule has 0 saturated heterocycles. The largest absolute Gasteiger partial charge is 0.389 e. The molecule has 100 valence electrons. The van der Waals surface area contributed by atoms with E-state index in [1.54, 1.807) is 12.3 Å². The number of hydrogen-bond donors (Lipinski definition) is 2. The third-order valence-electron chi connectivity index (χ3n) is 2.28. The van der Waals surface area contributed by atoms with E-state index in [0.717, 1.165) is 24.5 Å². The maximum absolute atomic E-state index is 5.55. The number of thiocarbonyl (C=S) groups is 1. The number of pyridine rings is 1. The Bertz CT molecular complexity index is 384. The van der Waals surface area contributed by atoms with Crippen molar-refractivity contribution >= 4 is 23.0 Å². The van der Waals surface area contributed by atoms with Crippen molar-refractivity contribution < 1.29 is 4.74 Å². The van der Waals surface area contributed by atoms with Crippen molar-refractivity contribution in [3.05, 3.63) is 23.9 Å². The normalized spacial score (nSPS) is 10.6. The molecule has 0 radical (unpaired) electrons. The van der Waals surface area contributed by atoms with Gasteiger partial charge in [0.15, 0.2) is 0 Å². The zero-order valence-corrected chi connectivity index (χ0v) is 11.7. The van der Waals surface area contributed by atoms with E-state index < -0.39 is 0 Å². The lowest BCUT2D eigenvalue weighted by Gasteiger charge is -2.10. The van der Waals surface area contributed by atoms with E-state index in [-0.39, 0.29) is 0 Å². The maximum Gasteiger partial charge on any atom is 0.126 e. The van der Waals surface area contributed by atoms with Crippen molar-refractivity contribution in [3.8, 4) is 0 Å². The van der Waals surface area contributed by atoms with Gasteiger partial charge in [-0.2, -0.15) is 0 Å². The summed E-state index contributed by atoms with van der Waals surface area (Å²) in [5.74, 6) is 0.761. The molecule has 0 aliphatic carbocycles. The van der Waals surface area contributed by atoms with Crippen molar-refractivity contribution in [2.75, 3.05) is 45.7 Å². The molecule has 1 aromatic heterocycles. The molecule has 0 spiro atoms. The first kappa shape index (κ1) is 14.8. The van der Waals surface area contributed by atoms with Crippen LogP contribution < -0.4 is 11.1 Å². The SMILES string of the molecule is CN(C)CCOCCNc1cc(C(N)=S)ccn1. The van der Waals surface area contributed by atoms with E-state index >= 15 is 0 Å². The summed E-state index contributed by atoms with van der Waals surface area (Å²) in [6.07, 6.45) is 1.68. The molecule has 0 aliphatic rings. The molecular formula is C12H20N4OS. The van der Waals surface area contributed by atoms with Crippen LogP contribution in [0.25, 0.3) is 0 Å². The molecular weight excluding hydrogens is 248 g/mol. The van der Waals surface area contributed by atoms with E-state index in [9.17, 15) is 0 Å². The number of nitrogens with zero attached hydrogens (tertiary/aromatic N) is 2. The molecule has 1 aromatic rings. The van der Waals surface area contributed by atoms with Gasteiger partial charge in [-0.15, -0.1) is 0 Å². The summed E-state index contributed by atoms with van der Waals surface area (Å²) in [6.45, 7) is 3.01. The lowest BCUT2D eigenvalue weighted by atomic mass is 10.2. The first-order valence-electron chi connectivity index (χ1n) is 5.82. The molecule has 1 rings (SSSR count). The van der Waals surface area contributed by atoms with Crippen LogP contribution in [0, 0.1) is 0 Å². The van der Waals surface area contributed by atoms with Gasteiger partial charge in [-0.25, -0.2) is 4.98 Å². The molecule has 0 amide bonds. The molecule has 0 saturated carbocycles. The zero-order valence-electron chi connectivity index (χ0n) is 10.8. The Morgan fingerprint density at radius 1 is 1.50 bits per heavy atom. The Hall–Kier alpha value is -1.24. The third-order valence-corrected chi connectivity index (χ3v) is 2.52. The maximum atomic E-state index is 5.55. The minimum absolute atomic E-state index is 0.377. The van der Waals surface area contributed by atoms with Crippen LogP contribution in [0.3, 0.4) is 0 Å². The van der Waals surface area contributed by atoms with Crippen LogP contribution >= 0.6 is 12.2 Å². The van der Waals surface area contributed by atoms with Gasteiger partial charge in [-0.05, 0) is 26.2 Å². The quantitative estimate of drug-likeness (QED) is 0.535. The second kappa shape index (κ2) is 7.97. The monoisotopic (exact) mass is 268 g/mol. The summed E-state index contributed by atoms with van der Waals surface area (Å²) in [6, 6.07) is 3.63. The van der Waals surface area contributed by atoms with Crippen LogP contribution in [-0.2, 0) is 4.74 Å². The summed E-state index contributed by atoms with van der Waals surface area (Å²) in [5, 5.41) is 3.16. The summed E-state index contributed by atoms with van der Waals surface area (Å²) >= 11 is 4.91. The topological polar surface area (TPSA) is 63.4 Å². The van der Waals surface area contributed by atoms with E-state index in [1.807, 2.05) is 20.2 Å². The molecule has 6 heteroatoms. The van der Waals surface area contributed by atoms with Crippen LogP contribution in [0.1, 0.15) is 5.56 Å². The second-order valence-corrected chi connectivity index (χ2v) is 4.58. The number of rotatable bonds is 8. The van der Waals surface area contributed by atoms with Gasteiger partial charge in [-0.3, -0.25) is 0 Å². The number of nitrogens with two attached hydrogens (primary N) is 1. The van der Waals surface area contributed by atoms with Crippen molar-refractivity contribution in [1.82, 2.24) is 9.88 Å². The summed E-state index contributed by atoms with van der Waals surface area (Å²) in [5.41, 5.74) is 6.37. The Morgan fingerprint density at radius 2 is 2.28 bits per heavy atom. The molecule has 0 unspecified atom stereocenters. The number of likely N-dealkylation sites (N-methyl/N-ethyl adjacent to an activating group) is 1. The van der Waals surface area contributed by atoms with Crippen LogP contribution in [0.15, 0.2) is 18.3 Å². The van der Waals surface area contributed by atoms with Gasteiger partial charge in [0, 0.05) is 24.8 Å². The highest BCUT2D eigenvalue weighted by atomic mass is 32.1. The molecule has 0 bridgehead atoms. The first-order chi connectivity index (χ1) is 8.59. The highest BCUT2D eigenvalue weighted by Gasteiger charge is 1.99. The van der Waals surface area contributed by atoms with Crippen molar-refractivity contribution in [1.29, 1.82) is 0 Å². The molecule has 5 nitrogen and oxygen atoms in total. The number of hydrogen-bond acceptors (Lipinski definition) is 5. The van der Waals surface area contributed by atoms with Gasteiger partial charge >= 0.3 is 0 Å². The lowest BCUT2D eigenvalue weighted by molar-refractivity contribution is 0.126. The smallest absolute Gasteiger partial charge is 0.126 e. The predicted molar refractivity (Wildman–Crippen MR) is 78.0 cm³/mol. The molecule has 1 heterocycles. The van der Waals surface area contributed by atoms with Gasteiger partial charge < -0.3 is 20.7 Å². The summed E-state index contributed by atoms with van der Waals surface area (Å²) in [4.78, 5) is 6.64. The molecule has 0 aromatic carbocycles. The van der Waals surface area contributed by atoms with Crippen LogP contribution in [0.5, 0.6) is 0 Å². The molecule has 0 atom stereocenters. The number of anilines is 1. The van der Waals surface area contributed by atoms with E-state index in [4.69, 9.17) is 22.7 Å². The van der Waals surface area contributed by atoms with E-state index in [1.165, 1.54) is 0 Å². The van der Waals surface area contributed by atoms with Crippen molar-refractivity contribution in [3.63, 3.8) is 0 Å². The number of ether oxygens (including phenoxy) is 1.